The Labute approximate surface area is 128 Å². The first-order chi connectivity index (χ1) is 7.57. The monoisotopic (exact) mass is 320 g/mol. The van der Waals surface area contributed by atoms with Crippen molar-refractivity contribution in [3.63, 3.8) is 0 Å². The fourth-order valence-electron chi connectivity index (χ4n) is 1.01. The Bertz CT molecular complexity index is 222. The number of ether oxygens (including phenoxy) is 1. The first-order valence-electron chi connectivity index (χ1n) is 5.56. The van der Waals surface area contributed by atoms with Crippen molar-refractivity contribution in [2.24, 2.45) is 5.92 Å². The minimum Gasteiger partial charge on any atom is -0.395 e. The van der Waals surface area contributed by atoms with Crippen molar-refractivity contribution in [1.29, 1.82) is 0 Å². The second kappa shape index (κ2) is 12.6. The van der Waals surface area contributed by atoms with Gasteiger partial charge in [-0.3, -0.25) is 9.59 Å². The van der Waals surface area contributed by atoms with Gasteiger partial charge in [0.25, 0.3) is 0 Å². The van der Waals surface area contributed by atoms with Crippen LogP contribution in [0.2, 0.25) is 0 Å². The van der Waals surface area contributed by atoms with E-state index in [1.54, 1.807) is 0 Å². The van der Waals surface area contributed by atoms with Gasteiger partial charge >= 0.3 is 0 Å². The maximum atomic E-state index is 11.2. The van der Waals surface area contributed by atoms with Crippen LogP contribution in [0.4, 0.5) is 0 Å². The van der Waals surface area contributed by atoms with Crippen LogP contribution in [0, 0.1) is 5.92 Å². The van der Waals surface area contributed by atoms with E-state index < -0.39 is 0 Å². The number of nitrogens with one attached hydrogen (secondary N) is 1. The van der Waals surface area contributed by atoms with Crippen LogP contribution in [0.3, 0.4) is 0 Å². The van der Waals surface area contributed by atoms with E-state index in [9.17, 15) is 9.59 Å². The van der Waals surface area contributed by atoms with Gasteiger partial charge in [0.2, 0.25) is 5.91 Å². The van der Waals surface area contributed by atoms with Gasteiger partial charge in [0.05, 0.1) is 19.8 Å². The molecular formula is C11H21NO4Y. The molecule has 0 saturated carbocycles. The van der Waals surface area contributed by atoms with E-state index in [0.29, 0.717) is 19.6 Å². The van der Waals surface area contributed by atoms with E-state index in [1.807, 2.05) is 13.8 Å². The smallest absolute Gasteiger partial charge is 0.222 e. The third-order valence-electron chi connectivity index (χ3n) is 2.04. The van der Waals surface area contributed by atoms with Crippen molar-refractivity contribution in [3.8, 4) is 0 Å². The van der Waals surface area contributed by atoms with Gasteiger partial charge < -0.3 is 15.2 Å². The Morgan fingerprint density at radius 3 is 2.35 bits per heavy atom. The number of ketones is 1. The van der Waals surface area contributed by atoms with Crippen molar-refractivity contribution in [2.75, 3.05) is 26.4 Å². The summed E-state index contributed by atoms with van der Waals surface area (Å²) < 4.78 is 5.16. The summed E-state index contributed by atoms with van der Waals surface area (Å²) in [6.45, 7) is 4.59. The fourth-order valence-corrected chi connectivity index (χ4v) is 1.01. The number of amides is 1. The van der Waals surface area contributed by atoms with Crippen molar-refractivity contribution < 1.29 is 52.1 Å². The van der Waals surface area contributed by atoms with Gasteiger partial charge in [-0.25, -0.2) is 0 Å². The Hall–Kier alpha value is 0.164. The van der Waals surface area contributed by atoms with Gasteiger partial charge in [0.1, 0.15) is 5.78 Å². The zero-order valence-corrected chi connectivity index (χ0v) is 13.4. The molecule has 0 aromatic rings. The fraction of sp³-hybridized carbons (Fsp3) is 0.818. The standard InChI is InChI=1S/C11H21NO4.Y/c1-9(2)10(14)3-7-16-8-4-11(15)12-5-6-13;/h9,13H,3-8H2,1-2H3,(H,12,15);. The van der Waals surface area contributed by atoms with Gasteiger partial charge in [-0.2, -0.15) is 0 Å². The van der Waals surface area contributed by atoms with Crippen LogP contribution in [0.1, 0.15) is 26.7 Å². The molecule has 6 heteroatoms. The Kier molecular flexibility index (Phi) is 14.5. The molecule has 1 amide bonds. The van der Waals surface area contributed by atoms with E-state index in [1.165, 1.54) is 0 Å². The molecule has 5 nitrogen and oxygen atoms in total. The molecule has 0 heterocycles. The Balaban J connectivity index is 0. The Morgan fingerprint density at radius 2 is 1.82 bits per heavy atom. The van der Waals surface area contributed by atoms with E-state index in [0.717, 1.165) is 0 Å². The second-order valence-corrected chi connectivity index (χ2v) is 3.81. The summed E-state index contributed by atoms with van der Waals surface area (Å²) in [6.07, 6.45) is 0.659. The summed E-state index contributed by atoms with van der Waals surface area (Å²) in [5, 5.41) is 11.0. The zero-order chi connectivity index (χ0) is 12.4. The molecule has 0 bridgehead atoms. The van der Waals surface area contributed by atoms with Crippen molar-refractivity contribution in [2.45, 2.75) is 26.7 Å². The molecule has 1 radical (unpaired) electrons. The van der Waals surface area contributed by atoms with Gasteiger partial charge in [-0.15, -0.1) is 0 Å². The molecule has 0 rings (SSSR count). The molecule has 17 heavy (non-hydrogen) atoms. The quantitative estimate of drug-likeness (QED) is 0.592. The first kappa shape index (κ1) is 19.5. The molecule has 0 fully saturated rings. The van der Waals surface area contributed by atoms with Crippen molar-refractivity contribution in [1.82, 2.24) is 5.32 Å². The second-order valence-electron chi connectivity index (χ2n) is 3.81. The number of Topliss-reactive ketones (excluding diaryl/α,β-unsaturated/α-hetero) is 1. The number of aliphatic hydroxyl groups excluding tert-OH is 1. The van der Waals surface area contributed by atoms with E-state index >= 15 is 0 Å². The molecule has 0 unspecified atom stereocenters. The normalized spacial score (nSPS) is 9.88. The third-order valence-corrected chi connectivity index (χ3v) is 2.04. The largest absolute Gasteiger partial charge is 0.395 e. The summed E-state index contributed by atoms with van der Waals surface area (Å²) in [5.41, 5.74) is 0. The maximum absolute atomic E-state index is 11.2. The van der Waals surface area contributed by atoms with Crippen LogP contribution in [0.5, 0.6) is 0 Å². The topological polar surface area (TPSA) is 75.6 Å². The molecular weight excluding hydrogens is 299 g/mol. The van der Waals surface area contributed by atoms with Crippen LogP contribution in [0.15, 0.2) is 0 Å². The van der Waals surface area contributed by atoms with Gasteiger partial charge in [-0.1, -0.05) is 13.8 Å². The van der Waals surface area contributed by atoms with Crippen LogP contribution in [-0.2, 0) is 47.0 Å². The summed E-state index contributed by atoms with van der Waals surface area (Å²) in [6, 6.07) is 0. The molecule has 97 valence electrons. The molecule has 0 spiro atoms. The molecule has 2 N–H and O–H groups in total. The molecule has 0 aliphatic heterocycles. The van der Waals surface area contributed by atoms with Gasteiger partial charge in [0.15, 0.2) is 0 Å². The molecule has 0 aromatic heterocycles. The zero-order valence-electron chi connectivity index (χ0n) is 10.6. The average molecular weight is 320 g/mol. The maximum Gasteiger partial charge on any atom is 0.222 e. The predicted octanol–water partition coefficient (Wildman–Crippen LogP) is 0.114. The first-order valence-corrected chi connectivity index (χ1v) is 5.56. The van der Waals surface area contributed by atoms with Crippen LogP contribution >= 0.6 is 0 Å². The van der Waals surface area contributed by atoms with E-state index in [-0.39, 0.29) is 69.9 Å². The summed E-state index contributed by atoms with van der Waals surface area (Å²) >= 11 is 0. The number of hydrogen-bond acceptors (Lipinski definition) is 4. The third kappa shape index (κ3) is 12.4. The van der Waals surface area contributed by atoms with Crippen molar-refractivity contribution in [3.05, 3.63) is 0 Å². The van der Waals surface area contributed by atoms with E-state index in [2.05, 4.69) is 5.32 Å². The molecule has 0 atom stereocenters. The SMILES string of the molecule is CC(C)C(=O)CCOCCC(=O)NCCO.[Y]. The molecule has 0 aliphatic carbocycles. The summed E-state index contributed by atoms with van der Waals surface area (Å²) in [4.78, 5) is 22.2. The molecule has 0 aliphatic rings. The summed E-state index contributed by atoms with van der Waals surface area (Å²) in [5.74, 6) is 0.0606. The van der Waals surface area contributed by atoms with Crippen LogP contribution in [-0.4, -0.2) is 43.2 Å². The molecule has 0 aromatic carbocycles. The minimum absolute atomic E-state index is 0. The number of aliphatic hydroxyl groups is 1. The number of carbonyl (C=O) groups excluding carboxylic acids is 2. The summed E-state index contributed by atoms with van der Waals surface area (Å²) in [7, 11) is 0. The number of hydrogen-bond donors (Lipinski definition) is 2. The Morgan fingerprint density at radius 1 is 1.24 bits per heavy atom. The minimum atomic E-state index is -0.149. The number of rotatable bonds is 9. The van der Waals surface area contributed by atoms with E-state index in [4.69, 9.17) is 9.84 Å². The number of carbonyl (C=O) groups is 2. The average Bonchev–Trinajstić information content (AvgIpc) is 2.25. The van der Waals surface area contributed by atoms with Gasteiger partial charge in [0, 0.05) is 58.0 Å². The van der Waals surface area contributed by atoms with Crippen LogP contribution < -0.4 is 5.32 Å². The van der Waals surface area contributed by atoms with Crippen LogP contribution in [0.25, 0.3) is 0 Å². The van der Waals surface area contributed by atoms with Gasteiger partial charge in [-0.05, 0) is 0 Å². The van der Waals surface area contributed by atoms with Crippen molar-refractivity contribution >= 4 is 11.7 Å². The molecule has 0 saturated heterocycles. The predicted molar refractivity (Wildman–Crippen MR) is 60.0 cm³/mol.